The number of ether oxygens (including phenoxy) is 1. The molecule has 0 radical (unpaired) electrons. The normalized spacial score (nSPS) is 28.5. The van der Waals surface area contributed by atoms with Gasteiger partial charge in [0, 0.05) is 0 Å². The standard InChI is InChI=1S/C11H18N5O12P3/c12-9-6-10(14-2-13-9)16(3-15-6)11-8(18)7(17)5(27-11)1-26-29(19,20)4-30(21,22)28-31(23,24)25/h2-3,5,7-8,11,17-18H,1,4H2,(H,19,20)(H,21,22)(H2,12,13,14)(H2,23,24,25)/t5-,7?,8-,11-/m1/s1. The molecule has 20 heteroatoms. The van der Waals surface area contributed by atoms with Gasteiger partial charge in [-0.05, 0) is 0 Å². The zero-order chi connectivity index (χ0) is 23.2. The number of phosphoric acid groups is 1. The Bertz CT molecular complexity index is 1110. The molecule has 6 atom stereocenters. The minimum Gasteiger partial charge on any atom is -0.387 e. The summed E-state index contributed by atoms with van der Waals surface area (Å²) in [4.78, 5) is 47.9. The molecule has 0 aliphatic carbocycles. The maximum atomic E-state index is 12.0. The van der Waals surface area contributed by atoms with Gasteiger partial charge >= 0.3 is 23.0 Å². The van der Waals surface area contributed by atoms with Crippen molar-refractivity contribution in [2.24, 2.45) is 0 Å². The van der Waals surface area contributed by atoms with Crippen LogP contribution >= 0.6 is 23.0 Å². The van der Waals surface area contributed by atoms with Crippen molar-refractivity contribution in [2.45, 2.75) is 24.5 Å². The number of hydrogen-bond acceptors (Lipinski definition) is 12. The molecule has 0 bridgehead atoms. The fraction of sp³-hybridized carbons (Fsp3) is 0.545. The quantitative estimate of drug-likeness (QED) is 0.201. The van der Waals surface area contributed by atoms with Gasteiger partial charge in [-0.3, -0.25) is 13.7 Å². The summed E-state index contributed by atoms with van der Waals surface area (Å²) in [5.74, 6) is -1.58. The van der Waals surface area contributed by atoms with E-state index in [1.54, 1.807) is 0 Å². The largest absolute Gasteiger partial charge is 0.476 e. The minimum absolute atomic E-state index is 0.0591. The van der Waals surface area contributed by atoms with E-state index < -0.39 is 60.1 Å². The van der Waals surface area contributed by atoms with Crippen LogP contribution in [0.15, 0.2) is 12.7 Å². The lowest BCUT2D eigenvalue weighted by Gasteiger charge is -2.19. The molecule has 1 fully saturated rings. The van der Waals surface area contributed by atoms with Crippen LogP contribution in [0.5, 0.6) is 0 Å². The monoisotopic (exact) mass is 505 g/mol. The fourth-order valence-electron chi connectivity index (χ4n) is 2.80. The van der Waals surface area contributed by atoms with Crippen molar-refractivity contribution in [3.63, 3.8) is 0 Å². The molecule has 0 amide bonds. The second-order valence-corrected chi connectivity index (χ2v) is 12.0. The number of nitrogens with zero attached hydrogens (tertiary/aromatic N) is 4. The van der Waals surface area contributed by atoms with Crippen LogP contribution in [0.2, 0.25) is 0 Å². The van der Waals surface area contributed by atoms with E-state index in [1.165, 1.54) is 10.9 Å². The SMILES string of the molecule is Nc1ncnc2c1ncn2[C@@H]1O[C@H](COP(=O)(O)CP(=O)(O)OP(=O)(O)O)C(O)[C@H]1O. The van der Waals surface area contributed by atoms with Crippen LogP contribution in [-0.2, 0) is 27.3 Å². The van der Waals surface area contributed by atoms with Gasteiger partial charge in [-0.15, -0.1) is 0 Å². The molecule has 1 aliphatic heterocycles. The van der Waals surface area contributed by atoms with Crippen molar-refractivity contribution in [3.8, 4) is 0 Å². The number of hydrogen-bond donors (Lipinski definition) is 7. The van der Waals surface area contributed by atoms with E-state index in [0.29, 0.717) is 0 Å². The van der Waals surface area contributed by atoms with Gasteiger partial charge in [-0.25, -0.2) is 23.8 Å². The summed E-state index contributed by atoms with van der Waals surface area (Å²) in [7, 11) is -15.6. The number of aliphatic hydroxyl groups excluding tert-OH is 2. The molecule has 1 saturated heterocycles. The summed E-state index contributed by atoms with van der Waals surface area (Å²) in [6.07, 6.45) is -3.43. The van der Waals surface area contributed by atoms with Crippen LogP contribution in [-0.4, -0.2) is 80.1 Å². The summed E-state index contributed by atoms with van der Waals surface area (Å²) < 4.78 is 49.2. The number of aromatic nitrogens is 4. The zero-order valence-electron chi connectivity index (χ0n) is 15.2. The molecule has 174 valence electrons. The molecular weight excluding hydrogens is 487 g/mol. The highest BCUT2D eigenvalue weighted by molar-refractivity contribution is 7.74. The number of fused-ring (bicyclic) bond motifs is 1. The van der Waals surface area contributed by atoms with Gasteiger partial charge in [-0.1, -0.05) is 0 Å². The number of imidazole rings is 1. The van der Waals surface area contributed by atoms with Crippen molar-refractivity contribution in [1.29, 1.82) is 0 Å². The summed E-state index contributed by atoms with van der Waals surface area (Å²) >= 11 is 0. The summed E-state index contributed by atoms with van der Waals surface area (Å²) in [5, 5.41) is 20.5. The number of nitrogen functional groups attached to an aromatic ring is 1. The molecule has 8 N–H and O–H groups in total. The van der Waals surface area contributed by atoms with Crippen molar-refractivity contribution in [1.82, 2.24) is 19.5 Å². The van der Waals surface area contributed by atoms with Crippen molar-refractivity contribution in [2.75, 3.05) is 18.2 Å². The van der Waals surface area contributed by atoms with Crippen LogP contribution in [0.1, 0.15) is 6.23 Å². The molecule has 31 heavy (non-hydrogen) atoms. The second-order valence-electron chi connectivity index (χ2n) is 6.41. The van der Waals surface area contributed by atoms with Crippen molar-refractivity contribution >= 4 is 40.0 Å². The lowest BCUT2D eigenvalue weighted by Crippen LogP contribution is -2.33. The van der Waals surface area contributed by atoms with Gasteiger partial charge in [0.05, 0.1) is 12.9 Å². The van der Waals surface area contributed by atoms with Crippen molar-refractivity contribution in [3.05, 3.63) is 12.7 Å². The average Bonchev–Trinajstić information content (AvgIpc) is 3.13. The van der Waals surface area contributed by atoms with Gasteiger partial charge in [0.2, 0.25) is 0 Å². The maximum absolute atomic E-state index is 12.0. The molecule has 3 heterocycles. The van der Waals surface area contributed by atoms with Gasteiger partial charge in [0.15, 0.2) is 23.6 Å². The zero-order valence-corrected chi connectivity index (χ0v) is 17.9. The number of anilines is 1. The molecule has 0 spiro atoms. The molecule has 1 aliphatic rings. The third kappa shape index (κ3) is 5.73. The Morgan fingerprint density at radius 2 is 1.74 bits per heavy atom. The van der Waals surface area contributed by atoms with E-state index in [4.69, 9.17) is 20.3 Å². The summed E-state index contributed by atoms with van der Waals surface area (Å²) in [6, 6.07) is 0. The second kappa shape index (κ2) is 8.56. The third-order valence-corrected chi connectivity index (χ3v) is 9.31. The molecule has 0 saturated carbocycles. The fourth-order valence-corrected chi connectivity index (χ4v) is 7.32. The Morgan fingerprint density at radius 3 is 2.39 bits per heavy atom. The molecule has 3 unspecified atom stereocenters. The first-order chi connectivity index (χ1) is 14.2. The number of rotatable bonds is 8. The molecule has 3 rings (SSSR count). The predicted molar refractivity (Wildman–Crippen MR) is 99.3 cm³/mol. The Hall–Kier alpha value is -1.32. The van der Waals surface area contributed by atoms with Gasteiger partial charge in [-0.2, -0.15) is 0 Å². The third-order valence-electron chi connectivity index (χ3n) is 4.03. The van der Waals surface area contributed by atoms with E-state index >= 15 is 0 Å². The van der Waals surface area contributed by atoms with Gasteiger partial charge in [0.1, 0.15) is 30.2 Å². The Kier molecular flexibility index (Phi) is 6.71. The molecule has 2 aromatic rings. The predicted octanol–water partition coefficient (Wildman–Crippen LogP) is -1.52. The van der Waals surface area contributed by atoms with E-state index in [1.807, 2.05) is 0 Å². The van der Waals surface area contributed by atoms with E-state index in [-0.39, 0.29) is 17.0 Å². The first kappa shape index (κ1) is 24.3. The van der Waals surface area contributed by atoms with Crippen LogP contribution in [0.25, 0.3) is 11.2 Å². The summed E-state index contributed by atoms with van der Waals surface area (Å²) in [5.41, 5.74) is 6.06. The number of aliphatic hydroxyl groups is 2. The van der Waals surface area contributed by atoms with Gasteiger partial charge in [0.25, 0.3) is 0 Å². The first-order valence-electron chi connectivity index (χ1n) is 8.19. The maximum Gasteiger partial charge on any atom is 0.476 e. The first-order valence-corrected chi connectivity index (χ1v) is 13.2. The smallest absolute Gasteiger partial charge is 0.387 e. The highest BCUT2D eigenvalue weighted by atomic mass is 31.3. The minimum atomic E-state index is -5.42. The van der Waals surface area contributed by atoms with Crippen LogP contribution < -0.4 is 5.73 Å². The van der Waals surface area contributed by atoms with Crippen molar-refractivity contribution < 1.29 is 57.1 Å². The highest BCUT2D eigenvalue weighted by Gasteiger charge is 2.46. The topological polar surface area (TPSA) is 270 Å². The molecular formula is C11H18N5O12P3. The Balaban J connectivity index is 1.69. The molecule has 2 aromatic heterocycles. The van der Waals surface area contributed by atoms with E-state index in [9.17, 15) is 33.7 Å². The molecule has 0 aromatic carbocycles. The lowest BCUT2D eigenvalue weighted by atomic mass is 10.1. The van der Waals surface area contributed by atoms with Crippen LogP contribution in [0, 0.1) is 0 Å². The average molecular weight is 505 g/mol. The Morgan fingerprint density at radius 1 is 1.06 bits per heavy atom. The Labute approximate surface area is 172 Å². The summed E-state index contributed by atoms with van der Waals surface area (Å²) in [6.45, 7) is -0.831. The van der Waals surface area contributed by atoms with E-state index in [2.05, 4.69) is 23.8 Å². The van der Waals surface area contributed by atoms with E-state index in [0.717, 1.165) is 6.33 Å². The van der Waals surface area contributed by atoms with Gasteiger partial charge < -0.3 is 44.8 Å². The lowest BCUT2D eigenvalue weighted by molar-refractivity contribution is -0.0483. The molecule has 17 nitrogen and oxygen atoms in total. The van der Waals surface area contributed by atoms with Crippen LogP contribution in [0.3, 0.4) is 0 Å². The number of nitrogens with two attached hydrogens (primary N) is 1. The highest BCUT2D eigenvalue weighted by Crippen LogP contribution is 2.64. The van der Waals surface area contributed by atoms with Crippen LogP contribution in [0.4, 0.5) is 5.82 Å².